The smallest absolute Gasteiger partial charge is 0.399 e. The minimum Gasteiger partial charge on any atom is -0.399 e. The molecule has 1 saturated heterocycles. The Bertz CT molecular complexity index is 888. The number of hydrogen-bond donors (Lipinski definition) is 0. The van der Waals surface area contributed by atoms with Crippen molar-refractivity contribution >= 4 is 34.4 Å². The Kier molecular flexibility index (Phi) is 3.06. The van der Waals surface area contributed by atoms with Crippen molar-refractivity contribution in [2.75, 3.05) is 0 Å². The lowest BCUT2D eigenvalue weighted by molar-refractivity contribution is 0.00578. The second kappa shape index (κ2) is 4.79. The molecule has 2 heterocycles. The van der Waals surface area contributed by atoms with Crippen molar-refractivity contribution in [2.45, 2.75) is 38.9 Å². The monoisotopic (exact) mass is 305 g/mol. The molecule has 0 N–H and O–H groups in total. The number of fused-ring (bicyclic) bond motifs is 2. The molecule has 0 amide bonds. The lowest BCUT2D eigenvalue weighted by atomic mass is 9.78. The highest BCUT2D eigenvalue weighted by atomic mass is 16.7. The molecule has 1 fully saturated rings. The van der Waals surface area contributed by atoms with E-state index in [9.17, 15) is 0 Å². The summed E-state index contributed by atoms with van der Waals surface area (Å²) in [5.74, 6) is 0. The van der Waals surface area contributed by atoms with Gasteiger partial charge in [0.2, 0.25) is 0 Å². The molecule has 2 aromatic carbocycles. The van der Waals surface area contributed by atoms with E-state index in [1.54, 1.807) is 0 Å². The maximum absolute atomic E-state index is 6.14. The van der Waals surface area contributed by atoms with Crippen molar-refractivity contribution < 1.29 is 9.31 Å². The standard InChI is InChI=1S/C19H20BNO2/c1-18(2)19(3,4)23-20(22-18)15-10-9-14-11-13-7-5-6-8-16(13)21-17(14)12-15/h5-12H,1-4H3. The first kappa shape index (κ1) is 14.7. The van der Waals surface area contributed by atoms with Crippen LogP contribution in [0.1, 0.15) is 27.7 Å². The topological polar surface area (TPSA) is 31.4 Å². The molecular weight excluding hydrogens is 285 g/mol. The molecule has 0 radical (unpaired) electrons. The van der Waals surface area contributed by atoms with Crippen molar-refractivity contribution in [3.63, 3.8) is 0 Å². The summed E-state index contributed by atoms with van der Waals surface area (Å²) < 4.78 is 12.3. The third kappa shape index (κ3) is 2.33. The summed E-state index contributed by atoms with van der Waals surface area (Å²) in [5.41, 5.74) is 2.33. The van der Waals surface area contributed by atoms with Crippen LogP contribution in [0, 0.1) is 0 Å². The third-order valence-electron chi connectivity index (χ3n) is 5.07. The second-order valence-corrected chi connectivity index (χ2v) is 7.22. The first-order valence-corrected chi connectivity index (χ1v) is 8.01. The molecule has 0 spiro atoms. The van der Waals surface area contributed by atoms with Gasteiger partial charge < -0.3 is 9.31 Å². The number of benzene rings is 2. The predicted molar refractivity (Wildman–Crippen MR) is 95.0 cm³/mol. The van der Waals surface area contributed by atoms with E-state index in [0.29, 0.717) is 0 Å². The zero-order valence-electron chi connectivity index (χ0n) is 14.0. The van der Waals surface area contributed by atoms with E-state index in [1.807, 2.05) is 18.2 Å². The van der Waals surface area contributed by atoms with Crippen LogP contribution in [0.4, 0.5) is 0 Å². The van der Waals surface area contributed by atoms with Gasteiger partial charge in [-0.1, -0.05) is 30.3 Å². The lowest BCUT2D eigenvalue weighted by Crippen LogP contribution is -2.41. The van der Waals surface area contributed by atoms with Gasteiger partial charge in [0.25, 0.3) is 0 Å². The number of hydrogen-bond acceptors (Lipinski definition) is 3. The molecule has 0 atom stereocenters. The van der Waals surface area contributed by atoms with E-state index >= 15 is 0 Å². The van der Waals surface area contributed by atoms with Crippen LogP contribution < -0.4 is 5.46 Å². The molecular formula is C19H20BNO2. The van der Waals surface area contributed by atoms with Crippen molar-refractivity contribution in [3.05, 3.63) is 48.5 Å². The van der Waals surface area contributed by atoms with Crippen LogP contribution in [0.2, 0.25) is 0 Å². The summed E-state index contributed by atoms with van der Waals surface area (Å²) in [5, 5.41) is 2.28. The van der Waals surface area contributed by atoms with Gasteiger partial charge in [-0.25, -0.2) is 4.98 Å². The third-order valence-corrected chi connectivity index (χ3v) is 5.07. The van der Waals surface area contributed by atoms with Crippen molar-refractivity contribution in [2.24, 2.45) is 0 Å². The Morgan fingerprint density at radius 3 is 2.17 bits per heavy atom. The summed E-state index contributed by atoms with van der Waals surface area (Å²) in [6.45, 7) is 8.28. The molecule has 0 unspecified atom stereocenters. The van der Waals surface area contributed by atoms with Crippen LogP contribution in [0.5, 0.6) is 0 Å². The average molecular weight is 305 g/mol. The normalized spacial score (nSPS) is 19.6. The summed E-state index contributed by atoms with van der Waals surface area (Å²) in [6.07, 6.45) is 0. The van der Waals surface area contributed by atoms with Gasteiger partial charge in [0.05, 0.1) is 22.2 Å². The Hall–Kier alpha value is -1.91. The van der Waals surface area contributed by atoms with E-state index in [1.165, 1.54) is 0 Å². The number of para-hydroxylation sites is 1. The van der Waals surface area contributed by atoms with E-state index < -0.39 is 0 Å². The zero-order valence-corrected chi connectivity index (χ0v) is 14.0. The quantitative estimate of drug-likeness (QED) is 0.507. The van der Waals surface area contributed by atoms with Gasteiger partial charge in [-0.15, -0.1) is 0 Å². The molecule has 23 heavy (non-hydrogen) atoms. The average Bonchev–Trinajstić information content (AvgIpc) is 2.73. The number of nitrogens with zero attached hydrogens (tertiary/aromatic N) is 1. The summed E-state index contributed by atoms with van der Waals surface area (Å²) in [7, 11) is -0.349. The largest absolute Gasteiger partial charge is 0.494 e. The Balaban J connectivity index is 1.79. The van der Waals surface area contributed by atoms with E-state index in [0.717, 1.165) is 27.3 Å². The molecule has 3 aromatic rings. The molecule has 1 aliphatic rings. The summed E-state index contributed by atoms with van der Waals surface area (Å²) in [6, 6.07) is 16.6. The maximum Gasteiger partial charge on any atom is 0.494 e. The second-order valence-electron chi connectivity index (χ2n) is 7.22. The molecule has 3 nitrogen and oxygen atoms in total. The SMILES string of the molecule is CC1(C)OB(c2ccc3cc4ccccc4nc3c2)OC1(C)C. The fourth-order valence-corrected chi connectivity index (χ4v) is 2.91. The highest BCUT2D eigenvalue weighted by Gasteiger charge is 2.51. The van der Waals surface area contributed by atoms with Crippen LogP contribution in [0.15, 0.2) is 48.5 Å². The van der Waals surface area contributed by atoms with Gasteiger partial charge in [-0.05, 0) is 51.4 Å². The molecule has 1 aliphatic heterocycles. The van der Waals surface area contributed by atoms with Gasteiger partial charge in [-0.2, -0.15) is 0 Å². The summed E-state index contributed by atoms with van der Waals surface area (Å²) in [4.78, 5) is 4.77. The first-order valence-electron chi connectivity index (χ1n) is 8.01. The van der Waals surface area contributed by atoms with Crippen LogP contribution in [0.25, 0.3) is 21.8 Å². The Morgan fingerprint density at radius 2 is 1.43 bits per heavy atom. The molecule has 0 bridgehead atoms. The molecule has 0 aliphatic carbocycles. The highest BCUT2D eigenvalue weighted by Crippen LogP contribution is 2.36. The Morgan fingerprint density at radius 1 is 0.783 bits per heavy atom. The lowest BCUT2D eigenvalue weighted by Gasteiger charge is -2.32. The number of rotatable bonds is 1. The van der Waals surface area contributed by atoms with Crippen molar-refractivity contribution in [3.8, 4) is 0 Å². The number of aromatic nitrogens is 1. The van der Waals surface area contributed by atoms with Gasteiger partial charge in [0, 0.05) is 10.8 Å². The maximum atomic E-state index is 6.14. The van der Waals surface area contributed by atoms with E-state index in [-0.39, 0.29) is 18.3 Å². The molecule has 1 aromatic heterocycles. The van der Waals surface area contributed by atoms with Gasteiger partial charge >= 0.3 is 7.12 Å². The fraction of sp³-hybridized carbons (Fsp3) is 0.316. The Labute approximate surface area is 136 Å². The zero-order chi connectivity index (χ0) is 16.2. The van der Waals surface area contributed by atoms with Crippen molar-refractivity contribution in [1.29, 1.82) is 0 Å². The van der Waals surface area contributed by atoms with Crippen LogP contribution in [-0.2, 0) is 9.31 Å². The van der Waals surface area contributed by atoms with Crippen LogP contribution in [-0.4, -0.2) is 23.3 Å². The van der Waals surface area contributed by atoms with Crippen LogP contribution in [0.3, 0.4) is 0 Å². The molecule has 116 valence electrons. The molecule has 4 rings (SSSR count). The van der Waals surface area contributed by atoms with Crippen LogP contribution >= 0.6 is 0 Å². The minimum atomic E-state index is -0.349. The van der Waals surface area contributed by atoms with Gasteiger partial charge in [0.15, 0.2) is 0 Å². The predicted octanol–water partition coefficient (Wildman–Crippen LogP) is 3.69. The van der Waals surface area contributed by atoms with Crippen molar-refractivity contribution in [1.82, 2.24) is 4.98 Å². The fourth-order valence-electron chi connectivity index (χ4n) is 2.91. The van der Waals surface area contributed by atoms with E-state index in [2.05, 4.69) is 58.0 Å². The first-order chi connectivity index (χ1) is 10.9. The highest BCUT2D eigenvalue weighted by molar-refractivity contribution is 6.62. The van der Waals surface area contributed by atoms with Gasteiger partial charge in [-0.3, -0.25) is 0 Å². The van der Waals surface area contributed by atoms with E-state index in [4.69, 9.17) is 14.3 Å². The molecule has 4 heteroatoms. The minimum absolute atomic E-state index is 0.330. The summed E-state index contributed by atoms with van der Waals surface area (Å²) >= 11 is 0. The molecule has 0 saturated carbocycles. The number of pyridine rings is 1. The van der Waals surface area contributed by atoms with Gasteiger partial charge in [0.1, 0.15) is 0 Å².